The molecule has 4 rings (SSSR count). The van der Waals surface area contributed by atoms with E-state index < -0.39 is 21.6 Å². The summed E-state index contributed by atoms with van der Waals surface area (Å²) < 4.78 is 47.8. The first-order valence-electron chi connectivity index (χ1n) is 10.1. The number of benzene rings is 3. The Morgan fingerprint density at radius 2 is 1.76 bits per heavy atom. The molecule has 1 amide bonds. The molecule has 0 aliphatic carbocycles. The molecule has 0 unspecified atom stereocenters. The molecule has 170 valence electrons. The van der Waals surface area contributed by atoms with E-state index in [1.165, 1.54) is 41.0 Å². The standard InChI is InChI=1S/C23H20FN3O5S/c24-18-9-1-2-10-19(18)26-33(30,31)17-8-5-7-16(15-17)25-22(28)13-6-14-27-20-11-3-4-12-21(20)32-23(27)29/h1-5,7-12,15,26H,6,13-14H2,(H,25,28). The first-order valence-corrected chi connectivity index (χ1v) is 11.6. The average Bonchev–Trinajstić information content (AvgIpc) is 3.10. The number of anilines is 2. The van der Waals surface area contributed by atoms with Gasteiger partial charge in [-0.2, -0.15) is 0 Å². The number of carbonyl (C=O) groups is 1. The van der Waals surface area contributed by atoms with E-state index in [2.05, 4.69) is 10.0 Å². The van der Waals surface area contributed by atoms with E-state index in [4.69, 9.17) is 4.42 Å². The van der Waals surface area contributed by atoms with Gasteiger partial charge < -0.3 is 9.73 Å². The number of nitrogens with one attached hydrogen (secondary N) is 2. The van der Waals surface area contributed by atoms with Gasteiger partial charge >= 0.3 is 5.76 Å². The molecule has 0 bridgehead atoms. The summed E-state index contributed by atoms with van der Waals surface area (Å²) >= 11 is 0. The molecule has 0 fully saturated rings. The van der Waals surface area contributed by atoms with Gasteiger partial charge in [0, 0.05) is 18.7 Å². The summed E-state index contributed by atoms with van der Waals surface area (Å²) in [5.74, 6) is -1.53. The Morgan fingerprint density at radius 3 is 2.58 bits per heavy atom. The van der Waals surface area contributed by atoms with Gasteiger partial charge in [0.25, 0.3) is 10.0 Å². The molecule has 0 spiro atoms. The second-order valence-corrected chi connectivity index (χ2v) is 8.93. The Hall–Kier alpha value is -3.92. The number of halogens is 1. The molecule has 4 aromatic rings. The van der Waals surface area contributed by atoms with Crippen LogP contribution >= 0.6 is 0 Å². The number of rotatable bonds is 8. The maximum absolute atomic E-state index is 13.8. The van der Waals surface area contributed by atoms with Crippen molar-refractivity contribution in [1.29, 1.82) is 0 Å². The molecule has 0 aliphatic heterocycles. The zero-order valence-corrected chi connectivity index (χ0v) is 18.1. The van der Waals surface area contributed by atoms with Crippen molar-refractivity contribution in [3.05, 3.63) is 89.2 Å². The molecule has 0 radical (unpaired) electrons. The quantitative estimate of drug-likeness (QED) is 0.406. The molecule has 2 N–H and O–H groups in total. The number of carbonyl (C=O) groups excluding carboxylic acids is 1. The van der Waals surface area contributed by atoms with Crippen LogP contribution in [0.4, 0.5) is 15.8 Å². The van der Waals surface area contributed by atoms with Crippen LogP contribution in [-0.4, -0.2) is 18.9 Å². The number of nitrogens with zero attached hydrogens (tertiary/aromatic N) is 1. The Balaban J connectivity index is 1.39. The zero-order valence-electron chi connectivity index (χ0n) is 17.3. The highest BCUT2D eigenvalue weighted by atomic mass is 32.2. The van der Waals surface area contributed by atoms with E-state index in [1.807, 2.05) is 0 Å². The summed E-state index contributed by atoms with van der Waals surface area (Å²) in [6, 6.07) is 18.1. The summed E-state index contributed by atoms with van der Waals surface area (Å²) in [5.41, 5.74) is 1.24. The second kappa shape index (κ2) is 9.29. The minimum atomic E-state index is -4.06. The predicted octanol–water partition coefficient (Wildman–Crippen LogP) is 3.95. The summed E-state index contributed by atoms with van der Waals surface area (Å²) in [5, 5.41) is 2.65. The van der Waals surface area contributed by atoms with Gasteiger partial charge in [-0.3, -0.25) is 14.1 Å². The first kappa shape index (κ1) is 22.3. The van der Waals surface area contributed by atoms with E-state index in [-0.39, 0.29) is 28.6 Å². The van der Waals surface area contributed by atoms with E-state index >= 15 is 0 Å². The van der Waals surface area contributed by atoms with Gasteiger partial charge in [0.1, 0.15) is 5.82 Å². The van der Waals surface area contributed by atoms with Crippen LogP contribution in [0.25, 0.3) is 11.1 Å². The van der Waals surface area contributed by atoms with E-state index in [9.17, 15) is 22.4 Å². The van der Waals surface area contributed by atoms with Crippen molar-refractivity contribution >= 4 is 38.4 Å². The molecular weight excluding hydrogens is 449 g/mol. The molecule has 3 aromatic carbocycles. The number of sulfonamides is 1. The fourth-order valence-electron chi connectivity index (χ4n) is 3.34. The number of hydrogen-bond donors (Lipinski definition) is 2. The highest BCUT2D eigenvalue weighted by molar-refractivity contribution is 7.92. The SMILES string of the molecule is O=C(CCCn1c(=O)oc2ccccc21)Nc1cccc(S(=O)(=O)Nc2ccccc2F)c1. The predicted molar refractivity (Wildman–Crippen MR) is 122 cm³/mol. The Bertz CT molecular complexity index is 1480. The molecule has 33 heavy (non-hydrogen) atoms. The van der Waals surface area contributed by atoms with Crippen molar-refractivity contribution in [1.82, 2.24) is 4.57 Å². The summed E-state index contributed by atoms with van der Waals surface area (Å²) in [4.78, 5) is 24.2. The highest BCUT2D eigenvalue weighted by Crippen LogP contribution is 2.21. The van der Waals surface area contributed by atoms with Crippen LogP contribution in [0.1, 0.15) is 12.8 Å². The highest BCUT2D eigenvalue weighted by Gasteiger charge is 2.17. The summed E-state index contributed by atoms with van der Waals surface area (Å²) in [6.45, 7) is 0.296. The van der Waals surface area contributed by atoms with Gasteiger partial charge in [-0.05, 0) is 48.9 Å². The number of hydrogen-bond acceptors (Lipinski definition) is 5. The van der Waals surface area contributed by atoms with Crippen molar-refractivity contribution in [3.63, 3.8) is 0 Å². The Kier molecular flexibility index (Phi) is 6.27. The van der Waals surface area contributed by atoms with Crippen molar-refractivity contribution in [2.75, 3.05) is 10.0 Å². The fraction of sp³-hybridized carbons (Fsp3) is 0.130. The monoisotopic (exact) mass is 469 g/mol. The van der Waals surface area contributed by atoms with Crippen molar-refractivity contribution in [3.8, 4) is 0 Å². The van der Waals surface area contributed by atoms with Crippen LogP contribution in [0, 0.1) is 5.82 Å². The lowest BCUT2D eigenvalue weighted by molar-refractivity contribution is -0.116. The molecule has 8 nitrogen and oxygen atoms in total. The molecule has 0 atom stereocenters. The van der Waals surface area contributed by atoms with Gasteiger partial charge in [-0.25, -0.2) is 17.6 Å². The third-order valence-corrected chi connectivity index (χ3v) is 6.27. The van der Waals surface area contributed by atoms with Crippen LogP contribution in [0.3, 0.4) is 0 Å². The lowest BCUT2D eigenvalue weighted by Gasteiger charge is -2.11. The van der Waals surface area contributed by atoms with Gasteiger partial charge in [0.15, 0.2) is 5.58 Å². The van der Waals surface area contributed by atoms with Gasteiger partial charge in [-0.1, -0.05) is 30.3 Å². The van der Waals surface area contributed by atoms with Crippen LogP contribution in [0.5, 0.6) is 0 Å². The van der Waals surface area contributed by atoms with Crippen molar-refractivity contribution < 1.29 is 22.0 Å². The number of fused-ring (bicyclic) bond motifs is 1. The second-order valence-electron chi connectivity index (χ2n) is 7.25. The number of amides is 1. The van der Waals surface area contributed by atoms with Crippen LogP contribution in [0.2, 0.25) is 0 Å². The third-order valence-electron chi connectivity index (χ3n) is 4.91. The average molecular weight is 469 g/mol. The topological polar surface area (TPSA) is 110 Å². The molecule has 1 aromatic heterocycles. The smallest absolute Gasteiger partial charge is 0.408 e. The molecule has 0 saturated heterocycles. The van der Waals surface area contributed by atoms with E-state index in [0.717, 1.165) is 6.07 Å². The number of aromatic nitrogens is 1. The van der Waals surface area contributed by atoms with Crippen LogP contribution < -0.4 is 15.8 Å². The maximum Gasteiger partial charge on any atom is 0.419 e. The first-order chi connectivity index (χ1) is 15.8. The lowest BCUT2D eigenvalue weighted by Crippen LogP contribution is -2.17. The lowest BCUT2D eigenvalue weighted by atomic mass is 10.2. The largest absolute Gasteiger partial charge is 0.419 e. The van der Waals surface area contributed by atoms with Crippen LogP contribution in [-0.2, 0) is 21.4 Å². The molecule has 0 aliphatic rings. The molecule has 10 heteroatoms. The Morgan fingerprint density at radius 1 is 1.00 bits per heavy atom. The van der Waals surface area contributed by atoms with E-state index in [1.54, 1.807) is 30.3 Å². The van der Waals surface area contributed by atoms with Gasteiger partial charge in [0.05, 0.1) is 16.1 Å². The molecule has 1 heterocycles. The Labute approximate surface area is 188 Å². The summed E-state index contributed by atoms with van der Waals surface area (Å²) in [6.07, 6.45) is 0.485. The van der Waals surface area contributed by atoms with Crippen molar-refractivity contribution in [2.45, 2.75) is 24.3 Å². The van der Waals surface area contributed by atoms with E-state index in [0.29, 0.717) is 24.1 Å². The molecular formula is C23H20FN3O5S. The number of aryl methyl sites for hydroxylation is 1. The maximum atomic E-state index is 13.8. The number of para-hydroxylation sites is 3. The molecule has 0 saturated carbocycles. The minimum Gasteiger partial charge on any atom is -0.408 e. The third kappa shape index (κ3) is 5.12. The van der Waals surface area contributed by atoms with Gasteiger partial charge in [-0.15, -0.1) is 0 Å². The minimum absolute atomic E-state index is 0.108. The zero-order chi connectivity index (χ0) is 23.4. The normalized spacial score (nSPS) is 11.4. The van der Waals surface area contributed by atoms with Gasteiger partial charge in [0.2, 0.25) is 5.91 Å². The van der Waals surface area contributed by atoms with Crippen LogP contribution in [0.15, 0.2) is 86.9 Å². The van der Waals surface area contributed by atoms with Crippen molar-refractivity contribution in [2.24, 2.45) is 0 Å². The number of oxazole rings is 1. The fourth-order valence-corrected chi connectivity index (χ4v) is 4.45. The summed E-state index contributed by atoms with van der Waals surface area (Å²) in [7, 11) is -4.06.